The van der Waals surface area contributed by atoms with E-state index in [1.807, 2.05) is 0 Å². The van der Waals surface area contributed by atoms with Gasteiger partial charge in [0.15, 0.2) is 0 Å². The molecule has 1 aliphatic heterocycles. The Morgan fingerprint density at radius 1 is 1.35 bits per heavy atom. The van der Waals surface area contributed by atoms with E-state index in [9.17, 15) is 9.59 Å². The standard InChI is InChI=1S/C17H28O5S/c1-11(2)8-12-4-5-15(14(9-12)20-3)23-10-16(18)22-13-6-7-21-17(13)19/h11-15H,4-10H2,1-3H3/t12?,13?,14?,15-/m0/s1. The highest BCUT2D eigenvalue weighted by Gasteiger charge is 2.33. The van der Waals surface area contributed by atoms with Crippen LogP contribution in [0.15, 0.2) is 0 Å². The normalized spacial score (nSPS) is 31.2. The van der Waals surface area contributed by atoms with Crippen molar-refractivity contribution in [3.8, 4) is 0 Å². The van der Waals surface area contributed by atoms with E-state index in [4.69, 9.17) is 14.2 Å². The maximum atomic E-state index is 11.9. The van der Waals surface area contributed by atoms with E-state index in [-0.39, 0.29) is 17.8 Å². The lowest BCUT2D eigenvalue weighted by Gasteiger charge is -2.35. The molecule has 4 atom stereocenters. The van der Waals surface area contributed by atoms with Gasteiger partial charge in [0.25, 0.3) is 0 Å². The summed E-state index contributed by atoms with van der Waals surface area (Å²) in [6.45, 7) is 4.86. The molecular formula is C17H28O5S. The van der Waals surface area contributed by atoms with Gasteiger partial charge in [0.2, 0.25) is 6.10 Å². The Hall–Kier alpha value is -0.750. The van der Waals surface area contributed by atoms with Gasteiger partial charge in [-0.2, -0.15) is 0 Å². The second-order valence-corrected chi connectivity index (χ2v) is 8.09. The van der Waals surface area contributed by atoms with Crippen molar-refractivity contribution in [2.45, 2.75) is 63.4 Å². The third kappa shape index (κ3) is 5.68. The lowest BCUT2D eigenvalue weighted by Crippen LogP contribution is -2.34. The van der Waals surface area contributed by atoms with Crippen molar-refractivity contribution >= 4 is 23.7 Å². The largest absolute Gasteiger partial charge is 0.463 e. The Morgan fingerprint density at radius 3 is 2.74 bits per heavy atom. The molecule has 0 bridgehead atoms. The van der Waals surface area contributed by atoms with E-state index >= 15 is 0 Å². The first-order valence-corrected chi connectivity index (χ1v) is 9.55. The van der Waals surface area contributed by atoms with Gasteiger partial charge >= 0.3 is 11.9 Å². The molecule has 3 unspecified atom stereocenters. The number of ether oxygens (including phenoxy) is 3. The first-order chi connectivity index (χ1) is 11.0. The summed E-state index contributed by atoms with van der Waals surface area (Å²) in [5.41, 5.74) is 0. The predicted octanol–water partition coefficient (Wildman–Crippen LogP) is 2.81. The minimum Gasteiger partial charge on any atom is -0.463 e. The van der Waals surface area contributed by atoms with Crippen LogP contribution in [-0.2, 0) is 23.8 Å². The third-order valence-corrected chi connectivity index (χ3v) is 5.89. The number of thioether (sulfide) groups is 1. The van der Waals surface area contributed by atoms with Crippen LogP contribution in [0.25, 0.3) is 0 Å². The minimum atomic E-state index is -0.705. The first kappa shape index (κ1) is 18.6. The van der Waals surface area contributed by atoms with E-state index in [0.29, 0.717) is 24.2 Å². The summed E-state index contributed by atoms with van der Waals surface area (Å²) in [6, 6.07) is 0. The number of esters is 2. The number of carbonyl (C=O) groups excluding carboxylic acids is 2. The van der Waals surface area contributed by atoms with Crippen LogP contribution in [0, 0.1) is 11.8 Å². The van der Waals surface area contributed by atoms with Gasteiger partial charge in [-0.3, -0.25) is 4.79 Å². The Morgan fingerprint density at radius 2 is 2.13 bits per heavy atom. The van der Waals surface area contributed by atoms with Gasteiger partial charge in [-0.25, -0.2) is 4.79 Å². The van der Waals surface area contributed by atoms with Gasteiger partial charge in [-0.1, -0.05) is 13.8 Å². The van der Waals surface area contributed by atoms with Crippen LogP contribution in [0.2, 0.25) is 0 Å². The van der Waals surface area contributed by atoms with Crippen molar-refractivity contribution in [1.82, 2.24) is 0 Å². The molecule has 2 fully saturated rings. The van der Waals surface area contributed by atoms with Gasteiger partial charge < -0.3 is 14.2 Å². The van der Waals surface area contributed by atoms with E-state index in [1.54, 1.807) is 18.9 Å². The van der Waals surface area contributed by atoms with Crippen molar-refractivity contribution in [2.24, 2.45) is 11.8 Å². The van der Waals surface area contributed by atoms with Gasteiger partial charge in [-0.15, -0.1) is 11.8 Å². The zero-order chi connectivity index (χ0) is 16.8. The van der Waals surface area contributed by atoms with Gasteiger partial charge in [0, 0.05) is 18.8 Å². The smallest absolute Gasteiger partial charge is 0.347 e. The summed E-state index contributed by atoms with van der Waals surface area (Å²) >= 11 is 1.59. The topological polar surface area (TPSA) is 61.8 Å². The molecule has 1 heterocycles. The Bertz CT molecular complexity index is 412. The fraction of sp³-hybridized carbons (Fsp3) is 0.882. The van der Waals surface area contributed by atoms with Crippen LogP contribution < -0.4 is 0 Å². The van der Waals surface area contributed by atoms with Crippen molar-refractivity contribution < 1.29 is 23.8 Å². The van der Waals surface area contributed by atoms with Crippen LogP contribution in [0.5, 0.6) is 0 Å². The molecule has 0 spiro atoms. The Labute approximate surface area is 142 Å². The van der Waals surface area contributed by atoms with Gasteiger partial charge in [0.05, 0.1) is 18.5 Å². The first-order valence-electron chi connectivity index (χ1n) is 8.50. The fourth-order valence-electron chi connectivity index (χ4n) is 3.46. The molecule has 0 aromatic carbocycles. The Kier molecular flexibility index (Phi) is 7.21. The molecule has 5 nitrogen and oxygen atoms in total. The molecular weight excluding hydrogens is 316 g/mol. The monoisotopic (exact) mass is 344 g/mol. The van der Waals surface area contributed by atoms with Crippen molar-refractivity contribution in [1.29, 1.82) is 0 Å². The zero-order valence-corrected chi connectivity index (χ0v) is 15.1. The maximum Gasteiger partial charge on any atom is 0.347 e. The highest BCUT2D eigenvalue weighted by molar-refractivity contribution is 8.00. The quantitative estimate of drug-likeness (QED) is 0.662. The molecule has 132 valence electrons. The molecule has 1 saturated carbocycles. The highest BCUT2D eigenvalue weighted by Crippen LogP contribution is 2.36. The highest BCUT2D eigenvalue weighted by atomic mass is 32.2. The fourth-order valence-corrected chi connectivity index (χ4v) is 4.61. The number of cyclic esters (lactones) is 1. The SMILES string of the molecule is COC1CC(CC(C)C)CC[C@@H]1SCC(=O)OC1CCOC1=O. The molecule has 6 heteroatoms. The van der Waals surface area contributed by atoms with Crippen LogP contribution >= 0.6 is 11.8 Å². The van der Waals surface area contributed by atoms with E-state index in [2.05, 4.69) is 13.8 Å². The summed E-state index contributed by atoms with van der Waals surface area (Å²) < 4.78 is 15.6. The second-order valence-electron chi connectivity index (χ2n) is 6.87. The number of methoxy groups -OCH3 is 1. The average Bonchev–Trinajstić information content (AvgIpc) is 2.90. The summed E-state index contributed by atoms with van der Waals surface area (Å²) in [5, 5.41) is 0.325. The molecule has 0 amide bonds. The summed E-state index contributed by atoms with van der Waals surface area (Å²) in [6.07, 6.45) is 4.53. The summed E-state index contributed by atoms with van der Waals surface area (Å²) in [7, 11) is 1.75. The van der Waals surface area contributed by atoms with Crippen LogP contribution in [0.1, 0.15) is 46.0 Å². The lowest BCUT2D eigenvalue weighted by molar-refractivity contribution is -0.158. The lowest BCUT2D eigenvalue weighted by atomic mass is 9.82. The van der Waals surface area contributed by atoms with Crippen LogP contribution in [0.4, 0.5) is 0 Å². The van der Waals surface area contributed by atoms with Crippen LogP contribution in [0.3, 0.4) is 0 Å². The second kappa shape index (κ2) is 8.92. The third-order valence-electron chi connectivity index (χ3n) is 4.52. The van der Waals surface area contributed by atoms with E-state index < -0.39 is 12.1 Å². The van der Waals surface area contributed by atoms with Crippen molar-refractivity contribution in [2.75, 3.05) is 19.5 Å². The van der Waals surface area contributed by atoms with E-state index in [1.165, 1.54) is 12.8 Å². The number of hydrogen-bond donors (Lipinski definition) is 0. The molecule has 1 aliphatic carbocycles. The predicted molar refractivity (Wildman–Crippen MR) is 89.3 cm³/mol. The van der Waals surface area contributed by atoms with Crippen molar-refractivity contribution in [3.63, 3.8) is 0 Å². The van der Waals surface area contributed by atoms with Gasteiger partial charge in [0.1, 0.15) is 0 Å². The molecule has 0 N–H and O–H groups in total. The van der Waals surface area contributed by atoms with E-state index in [0.717, 1.165) is 18.8 Å². The van der Waals surface area contributed by atoms with Gasteiger partial charge in [-0.05, 0) is 37.5 Å². The zero-order valence-electron chi connectivity index (χ0n) is 14.3. The average molecular weight is 344 g/mol. The molecule has 0 aromatic rings. The molecule has 2 rings (SSSR count). The maximum absolute atomic E-state index is 11.9. The summed E-state index contributed by atoms with van der Waals surface area (Å²) in [5.74, 6) is 0.938. The Balaban J connectivity index is 1.74. The van der Waals surface area contributed by atoms with Crippen molar-refractivity contribution in [3.05, 3.63) is 0 Å². The molecule has 0 aromatic heterocycles. The molecule has 0 radical (unpaired) electrons. The number of rotatable bonds is 7. The minimum absolute atomic E-state index is 0.196. The number of hydrogen-bond acceptors (Lipinski definition) is 6. The molecule has 23 heavy (non-hydrogen) atoms. The number of carbonyl (C=O) groups is 2. The molecule has 1 saturated heterocycles. The van der Waals surface area contributed by atoms with Crippen LogP contribution in [-0.4, -0.2) is 48.9 Å². The molecule has 2 aliphatic rings. The summed E-state index contributed by atoms with van der Waals surface area (Å²) in [4.78, 5) is 23.2.